The molecule has 1 aliphatic rings. The van der Waals surface area contributed by atoms with Gasteiger partial charge in [-0.05, 0) is 48.6 Å². The first-order chi connectivity index (χ1) is 11.7. The predicted molar refractivity (Wildman–Crippen MR) is 85.5 cm³/mol. The molecule has 0 saturated carbocycles. The van der Waals surface area contributed by atoms with Gasteiger partial charge < -0.3 is 4.42 Å². The minimum absolute atomic E-state index is 0.0399. The molecule has 1 unspecified atom stereocenters. The van der Waals surface area contributed by atoms with E-state index in [0.717, 1.165) is 36.8 Å². The fourth-order valence-electron chi connectivity index (χ4n) is 3.28. The van der Waals surface area contributed by atoms with Crippen LogP contribution in [0.1, 0.15) is 35.8 Å². The van der Waals surface area contributed by atoms with Crippen molar-refractivity contribution in [1.82, 2.24) is 9.97 Å². The average Bonchev–Trinajstić information content (AvgIpc) is 2.86. The van der Waals surface area contributed by atoms with Crippen LogP contribution >= 0.6 is 0 Å². The molecule has 3 nitrogen and oxygen atoms in total. The smallest absolute Gasteiger partial charge is 0.245 e. The van der Waals surface area contributed by atoms with Crippen LogP contribution in [-0.4, -0.2) is 9.97 Å². The summed E-state index contributed by atoms with van der Waals surface area (Å²) in [5.41, 5.74) is 2.24. The van der Waals surface area contributed by atoms with E-state index < -0.39 is 11.6 Å². The number of nitrogens with zero attached hydrogens (tertiary/aromatic N) is 2. The molecule has 4 rings (SSSR count). The highest BCUT2D eigenvalue weighted by Gasteiger charge is 2.24. The number of aromatic nitrogens is 2. The van der Waals surface area contributed by atoms with Crippen LogP contribution < -0.4 is 0 Å². The SMILES string of the molecule is Fc1cc(F)cc(C2CCCc3oc(-c4ccccn4)nc3C2)c1. The Morgan fingerprint density at radius 1 is 1.08 bits per heavy atom. The maximum absolute atomic E-state index is 13.5. The van der Waals surface area contributed by atoms with Crippen molar-refractivity contribution in [2.45, 2.75) is 31.6 Å². The van der Waals surface area contributed by atoms with Crippen LogP contribution in [0.5, 0.6) is 0 Å². The predicted octanol–water partition coefficient (Wildman–Crippen LogP) is 4.68. The maximum atomic E-state index is 13.5. The third kappa shape index (κ3) is 2.94. The number of pyridine rings is 1. The Balaban J connectivity index is 1.66. The first-order valence-corrected chi connectivity index (χ1v) is 8.05. The van der Waals surface area contributed by atoms with Crippen LogP contribution in [0, 0.1) is 11.6 Å². The summed E-state index contributed by atoms with van der Waals surface area (Å²) >= 11 is 0. The van der Waals surface area contributed by atoms with Gasteiger partial charge in [0.1, 0.15) is 23.1 Å². The molecule has 122 valence electrons. The fraction of sp³-hybridized carbons (Fsp3) is 0.263. The summed E-state index contributed by atoms with van der Waals surface area (Å²) in [5, 5.41) is 0. The van der Waals surface area contributed by atoms with Crippen molar-refractivity contribution in [2.75, 3.05) is 0 Å². The van der Waals surface area contributed by atoms with Crippen molar-refractivity contribution < 1.29 is 13.2 Å². The number of aryl methyl sites for hydroxylation is 1. The van der Waals surface area contributed by atoms with Crippen LogP contribution in [0.15, 0.2) is 47.0 Å². The lowest BCUT2D eigenvalue weighted by molar-refractivity contribution is 0.504. The van der Waals surface area contributed by atoms with Gasteiger partial charge in [0.15, 0.2) is 0 Å². The van der Waals surface area contributed by atoms with Crippen molar-refractivity contribution in [3.8, 4) is 11.6 Å². The van der Waals surface area contributed by atoms with E-state index in [1.165, 1.54) is 12.1 Å². The zero-order valence-electron chi connectivity index (χ0n) is 13.0. The zero-order valence-corrected chi connectivity index (χ0v) is 13.0. The monoisotopic (exact) mass is 326 g/mol. The van der Waals surface area contributed by atoms with Crippen molar-refractivity contribution in [3.05, 3.63) is 71.2 Å². The van der Waals surface area contributed by atoms with E-state index in [1.54, 1.807) is 6.20 Å². The molecule has 0 aliphatic heterocycles. The van der Waals surface area contributed by atoms with Crippen molar-refractivity contribution >= 4 is 0 Å². The van der Waals surface area contributed by atoms with E-state index >= 15 is 0 Å². The molecule has 0 spiro atoms. The molecule has 1 aromatic carbocycles. The molecule has 0 amide bonds. The van der Waals surface area contributed by atoms with E-state index in [0.29, 0.717) is 23.6 Å². The van der Waals surface area contributed by atoms with Gasteiger partial charge in [-0.25, -0.2) is 13.8 Å². The van der Waals surface area contributed by atoms with Gasteiger partial charge in [0.2, 0.25) is 5.89 Å². The van der Waals surface area contributed by atoms with E-state index in [9.17, 15) is 8.78 Å². The number of fused-ring (bicyclic) bond motifs is 1. The number of halogens is 2. The Kier molecular flexibility index (Phi) is 3.84. The molecule has 2 heterocycles. The highest BCUT2D eigenvalue weighted by molar-refractivity contribution is 5.47. The summed E-state index contributed by atoms with van der Waals surface area (Å²) in [6.45, 7) is 0. The second kappa shape index (κ2) is 6.15. The van der Waals surface area contributed by atoms with Crippen molar-refractivity contribution in [2.24, 2.45) is 0 Å². The van der Waals surface area contributed by atoms with E-state index in [1.807, 2.05) is 18.2 Å². The summed E-state index contributed by atoms with van der Waals surface area (Å²) in [6.07, 6.45) is 4.85. The van der Waals surface area contributed by atoms with Crippen LogP contribution in [0.2, 0.25) is 0 Å². The highest BCUT2D eigenvalue weighted by atomic mass is 19.1. The zero-order chi connectivity index (χ0) is 16.5. The van der Waals surface area contributed by atoms with E-state index in [4.69, 9.17) is 4.42 Å². The number of hydrogen-bond donors (Lipinski definition) is 0. The Morgan fingerprint density at radius 3 is 2.67 bits per heavy atom. The molecule has 2 aromatic heterocycles. The molecule has 3 aromatic rings. The first kappa shape index (κ1) is 15.0. The van der Waals surface area contributed by atoms with Gasteiger partial charge in [0.25, 0.3) is 0 Å². The Morgan fingerprint density at radius 2 is 1.92 bits per heavy atom. The summed E-state index contributed by atoms with van der Waals surface area (Å²) < 4.78 is 32.9. The molecule has 0 saturated heterocycles. The Bertz CT molecular complexity index is 841. The number of hydrogen-bond acceptors (Lipinski definition) is 3. The molecule has 1 aliphatic carbocycles. The molecule has 1 atom stereocenters. The summed E-state index contributed by atoms with van der Waals surface area (Å²) in [7, 11) is 0. The molecular weight excluding hydrogens is 310 g/mol. The second-order valence-corrected chi connectivity index (χ2v) is 6.10. The molecule has 0 fully saturated rings. The molecule has 5 heteroatoms. The standard InChI is InChI=1S/C19H16F2N2O/c20-14-8-13(9-15(21)11-14)12-4-3-6-18-17(10-12)23-19(24-18)16-5-1-2-7-22-16/h1-2,5,7-9,11-12H,3-4,6,10H2. The molecular formula is C19H16F2N2O. The van der Waals surface area contributed by atoms with Gasteiger partial charge in [-0.2, -0.15) is 0 Å². The molecule has 0 bridgehead atoms. The van der Waals surface area contributed by atoms with Crippen molar-refractivity contribution in [1.29, 1.82) is 0 Å². The van der Waals surface area contributed by atoms with Crippen LogP contribution in [-0.2, 0) is 12.8 Å². The normalized spacial score (nSPS) is 17.3. The fourth-order valence-corrected chi connectivity index (χ4v) is 3.28. The van der Waals surface area contributed by atoms with Gasteiger partial charge in [-0.3, -0.25) is 4.98 Å². The number of oxazole rings is 1. The second-order valence-electron chi connectivity index (χ2n) is 6.10. The maximum Gasteiger partial charge on any atom is 0.245 e. The van der Waals surface area contributed by atoms with Gasteiger partial charge in [0, 0.05) is 25.1 Å². The Labute approximate surface area is 138 Å². The minimum atomic E-state index is -0.538. The van der Waals surface area contributed by atoms with Gasteiger partial charge in [0.05, 0.1) is 5.69 Å². The van der Waals surface area contributed by atoms with Gasteiger partial charge in [-0.15, -0.1) is 0 Å². The topological polar surface area (TPSA) is 38.9 Å². The van der Waals surface area contributed by atoms with E-state index in [2.05, 4.69) is 9.97 Å². The third-order valence-electron chi connectivity index (χ3n) is 4.41. The molecule has 0 N–H and O–H groups in total. The lowest BCUT2D eigenvalue weighted by atomic mass is 9.91. The highest BCUT2D eigenvalue weighted by Crippen LogP contribution is 2.34. The van der Waals surface area contributed by atoms with Gasteiger partial charge in [-0.1, -0.05) is 6.07 Å². The van der Waals surface area contributed by atoms with Crippen LogP contribution in [0.25, 0.3) is 11.6 Å². The summed E-state index contributed by atoms with van der Waals surface area (Å²) in [6, 6.07) is 9.31. The lowest BCUT2D eigenvalue weighted by Crippen LogP contribution is -2.03. The first-order valence-electron chi connectivity index (χ1n) is 8.05. The average molecular weight is 326 g/mol. The van der Waals surface area contributed by atoms with Gasteiger partial charge >= 0.3 is 0 Å². The lowest BCUT2D eigenvalue weighted by Gasteiger charge is -2.14. The largest absolute Gasteiger partial charge is 0.440 e. The van der Waals surface area contributed by atoms with Crippen LogP contribution in [0.4, 0.5) is 8.78 Å². The molecule has 0 radical (unpaired) electrons. The summed E-state index contributed by atoms with van der Waals surface area (Å²) in [4.78, 5) is 8.85. The van der Waals surface area contributed by atoms with Crippen LogP contribution in [0.3, 0.4) is 0 Å². The number of rotatable bonds is 2. The molecule has 24 heavy (non-hydrogen) atoms. The number of benzene rings is 1. The quantitative estimate of drug-likeness (QED) is 0.642. The third-order valence-corrected chi connectivity index (χ3v) is 4.41. The summed E-state index contributed by atoms with van der Waals surface area (Å²) in [5.74, 6) is 0.326. The Hall–Kier alpha value is -2.56. The van der Waals surface area contributed by atoms with Crippen molar-refractivity contribution in [3.63, 3.8) is 0 Å². The minimum Gasteiger partial charge on any atom is -0.440 e. The van der Waals surface area contributed by atoms with E-state index in [-0.39, 0.29) is 5.92 Å².